The lowest BCUT2D eigenvalue weighted by Gasteiger charge is -2.15. The van der Waals surface area contributed by atoms with Crippen LogP contribution in [-0.2, 0) is 10.0 Å². The second kappa shape index (κ2) is 7.23. The SMILES string of the molecule is O=C(Nc1ccc(Br)cc1F)c1ccc(S(=O)(=O)N2CCCC2)cc1. The molecule has 1 aliphatic heterocycles. The van der Waals surface area contributed by atoms with Crippen LogP contribution in [-0.4, -0.2) is 31.7 Å². The van der Waals surface area contributed by atoms with Crippen molar-refractivity contribution in [2.75, 3.05) is 18.4 Å². The van der Waals surface area contributed by atoms with Gasteiger partial charge in [-0.3, -0.25) is 4.79 Å². The van der Waals surface area contributed by atoms with E-state index in [0.29, 0.717) is 17.6 Å². The minimum Gasteiger partial charge on any atom is -0.319 e. The maximum Gasteiger partial charge on any atom is 0.255 e. The number of nitrogens with one attached hydrogen (secondary N) is 1. The van der Waals surface area contributed by atoms with E-state index >= 15 is 0 Å². The summed E-state index contributed by atoms with van der Waals surface area (Å²) >= 11 is 3.15. The van der Waals surface area contributed by atoms with Gasteiger partial charge in [0.15, 0.2) is 0 Å². The van der Waals surface area contributed by atoms with Crippen molar-refractivity contribution in [1.82, 2.24) is 4.31 Å². The molecule has 0 spiro atoms. The number of anilines is 1. The van der Waals surface area contributed by atoms with E-state index in [1.165, 1.54) is 40.7 Å². The highest BCUT2D eigenvalue weighted by atomic mass is 79.9. The van der Waals surface area contributed by atoms with E-state index in [4.69, 9.17) is 0 Å². The molecule has 0 aromatic heterocycles. The van der Waals surface area contributed by atoms with Crippen LogP contribution in [0.25, 0.3) is 0 Å². The van der Waals surface area contributed by atoms with Crippen LogP contribution in [0.15, 0.2) is 51.8 Å². The standard InChI is InChI=1S/C17H16BrFN2O3S/c18-13-5-8-16(15(19)11-13)20-17(22)12-3-6-14(7-4-12)25(23,24)21-9-1-2-10-21/h3-8,11H,1-2,9-10H2,(H,20,22). The number of carbonyl (C=O) groups is 1. The monoisotopic (exact) mass is 426 g/mol. The van der Waals surface area contributed by atoms with E-state index in [-0.39, 0.29) is 16.1 Å². The lowest BCUT2D eigenvalue weighted by molar-refractivity contribution is 0.102. The molecule has 1 amide bonds. The van der Waals surface area contributed by atoms with Crippen LogP contribution in [0.1, 0.15) is 23.2 Å². The van der Waals surface area contributed by atoms with Crippen molar-refractivity contribution in [1.29, 1.82) is 0 Å². The van der Waals surface area contributed by atoms with Crippen LogP contribution < -0.4 is 5.32 Å². The first-order valence-corrected chi connectivity index (χ1v) is 9.98. The smallest absolute Gasteiger partial charge is 0.255 e. The van der Waals surface area contributed by atoms with Crippen molar-refractivity contribution in [3.8, 4) is 0 Å². The molecule has 0 aliphatic carbocycles. The van der Waals surface area contributed by atoms with Crippen LogP contribution in [0.2, 0.25) is 0 Å². The normalized spacial score (nSPS) is 15.3. The van der Waals surface area contributed by atoms with E-state index in [1.54, 1.807) is 6.07 Å². The fourth-order valence-electron chi connectivity index (χ4n) is 2.64. The van der Waals surface area contributed by atoms with E-state index in [0.717, 1.165) is 12.8 Å². The maximum absolute atomic E-state index is 13.8. The molecule has 3 rings (SSSR count). The molecular weight excluding hydrogens is 411 g/mol. The number of hydrogen-bond acceptors (Lipinski definition) is 3. The van der Waals surface area contributed by atoms with Gasteiger partial charge in [-0.2, -0.15) is 4.31 Å². The minimum absolute atomic E-state index is 0.0574. The van der Waals surface area contributed by atoms with Gasteiger partial charge in [-0.05, 0) is 55.3 Å². The first-order chi connectivity index (χ1) is 11.9. The van der Waals surface area contributed by atoms with Crippen LogP contribution in [0.4, 0.5) is 10.1 Å². The van der Waals surface area contributed by atoms with Crippen molar-refractivity contribution < 1.29 is 17.6 Å². The second-order valence-electron chi connectivity index (χ2n) is 5.71. The van der Waals surface area contributed by atoms with Crippen LogP contribution in [0, 0.1) is 5.82 Å². The molecule has 2 aromatic carbocycles. The molecule has 0 atom stereocenters. The van der Waals surface area contributed by atoms with Gasteiger partial charge in [0.25, 0.3) is 5.91 Å². The van der Waals surface area contributed by atoms with Crippen molar-refractivity contribution in [2.45, 2.75) is 17.7 Å². The number of halogens is 2. The molecular formula is C17H16BrFN2O3S. The molecule has 1 fully saturated rings. The van der Waals surface area contributed by atoms with E-state index in [9.17, 15) is 17.6 Å². The number of hydrogen-bond donors (Lipinski definition) is 1. The molecule has 0 radical (unpaired) electrons. The summed E-state index contributed by atoms with van der Waals surface area (Å²) in [4.78, 5) is 12.4. The zero-order valence-corrected chi connectivity index (χ0v) is 15.6. The summed E-state index contributed by atoms with van der Waals surface area (Å²) in [6, 6.07) is 9.97. The predicted molar refractivity (Wildman–Crippen MR) is 96.5 cm³/mol. The van der Waals surface area contributed by atoms with E-state index in [2.05, 4.69) is 21.2 Å². The molecule has 2 aromatic rings. The highest BCUT2D eigenvalue weighted by Gasteiger charge is 2.27. The van der Waals surface area contributed by atoms with Crippen LogP contribution in [0.5, 0.6) is 0 Å². The quantitative estimate of drug-likeness (QED) is 0.811. The summed E-state index contributed by atoms with van der Waals surface area (Å²) in [5, 5.41) is 2.47. The van der Waals surface area contributed by atoms with Crippen molar-refractivity contribution in [3.63, 3.8) is 0 Å². The Morgan fingerprint density at radius 1 is 1.08 bits per heavy atom. The Labute approximate surface area is 154 Å². The average Bonchev–Trinajstić information content (AvgIpc) is 3.13. The topological polar surface area (TPSA) is 66.5 Å². The zero-order chi connectivity index (χ0) is 18.0. The molecule has 0 unspecified atom stereocenters. The average molecular weight is 427 g/mol. The molecule has 5 nitrogen and oxygen atoms in total. The molecule has 0 saturated carbocycles. The Bertz CT molecular complexity index is 895. The molecule has 1 aliphatic rings. The Morgan fingerprint density at radius 2 is 1.72 bits per heavy atom. The van der Waals surface area contributed by atoms with Crippen molar-refractivity contribution >= 4 is 37.5 Å². The van der Waals surface area contributed by atoms with E-state index in [1.807, 2.05) is 0 Å². The summed E-state index contributed by atoms with van der Waals surface area (Å²) in [7, 11) is -3.52. The van der Waals surface area contributed by atoms with Gasteiger partial charge in [-0.25, -0.2) is 12.8 Å². The van der Waals surface area contributed by atoms with Gasteiger partial charge in [0.1, 0.15) is 5.82 Å². The van der Waals surface area contributed by atoms with Gasteiger partial charge < -0.3 is 5.32 Å². The summed E-state index contributed by atoms with van der Waals surface area (Å²) in [5.74, 6) is -1.07. The molecule has 0 bridgehead atoms. The van der Waals surface area contributed by atoms with Crippen molar-refractivity contribution in [2.24, 2.45) is 0 Å². The Balaban J connectivity index is 1.76. The third-order valence-corrected chi connectivity index (χ3v) is 6.40. The first-order valence-electron chi connectivity index (χ1n) is 7.74. The number of sulfonamides is 1. The van der Waals surface area contributed by atoms with E-state index < -0.39 is 21.7 Å². The van der Waals surface area contributed by atoms with Crippen LogP contribution in [0.3, 0.4) is 0 Å². The molecule has 1 N–H and O–H groups in total. The number of amides is 1. The lowest BCUT2D eigenvalue weighted by Crippen LogP contribution is -2.27. The van der Waals surface area contributed by atoms with Gasteiger partial charge in [0.2, 0.25) is 10.0 Å². The zero-order valence-electron chi connectivity index (χ0n) is 13.2. The van der Waals surface area contributed by atoms with Gasteiger partial charge >= 0.3 is 0 Å². The molecule has 1 heterocycles. The maximum atomic E-state index is 13.8. The highest BCUT2D eigenvalue weighted by molar-refractivity contribution is 9.10. The second-order valence-corrected chi connectivity index (χ2v) is 8.57. The molecule has 25 heavy (non-hydrogen) atoms. The van der Waals surface area contributed by atoms with Gasteiger partial charge in [0, 0.05) is 23.1 Å². The summed E-state index contributed by atoms with van der Waals surface area (Å²) in [6.07, 6.45) is 1.72. The minimum atomic E-state index is -3.52. The summed E-state index contributed by atoms with van der Waals surface area (Å²) < 4.78 is 40.7. The third kappa shape index (κ3) is 3.91. The highest BCUT2D eigenvalue weighted by Crippen LogP contribution is 2.22. The molecule has 8 heteroatoms. The molecule has 132 valence electrons. The number of carbonyl (C=O) groups excluding carboxylic acids is 1. The summed E-state index contributed by atoms with van der Waals surface area (Å²) in [5.41, 5.74) is 0.310. The fourth-order valence-corrected chi connectivity index (χ4v) is 4.49. The van der Waals surface area contributed by atoms with Gasteiger partial charge in [-0.15, -0.1) is 0 Å². The number of nitrogens with zero attached hydrogens (tertiary/aromatic N) is 1. The third-order valence-electron chi connectivity index (χ3n) is 4.00. The Kier molecular flexibility index (Phi) is 5.21. The Morgan fingerprint density at radius 3 is 2.32 bits per heavy atom. The largest absolute Gasteiger partial charge is 0.319 e. The van der Waals surface area contributed by atoms with Crippen molar-refractivity contribution in [3.05, 3.63) is 58.3 Å². The fraction of sp³-hybridized carbons (Fsp3) is 0.235. The molecule has 1 saturated heterocycles. The number of rotatable bonds is 4. The summed E-state index contributed by atoms with van der Waals surface area (Å²) in [6.45, 7) is 1.04. The van der Waals surface area contributed by atoms with Gasteiger partial charge in [0.05, 0.1) is 10.6 Å². The van der Waals surface area contributed by atoms with Crippen LogP contribution >= 0.6 is 15.9 Å². The lowest BCUT2D eigenvalue weighted by atomic mass is 10.2. The predicted octanol–water partition coefficient (Wildman–Crippen LogP) is 3.63. The first kappa shape index (κ1) is 18.0. The Hall–Kier alpha value is -1.77. The van der Waals surface area contributed by atoms with Gasteiger partial charge in [-0.1, -0.05) is 15.9 Å². The number of benzene rings is 2.